The topological polar surface area (TPSA) is 71.0 Å². The highest BCUT2D eigenvalue weighted by atomic mass is 19.1. The van der Waals surface area contributed by atoms with Crippen molar-refractivity contribution in [3.8, 4) is 22.4 Å². The summed E-state index contributed by atoms with van der Waals surface area (Å²) in [6.07, 6.45) is 2.57. The quantitative estimate of drug-likeness (QED) is 0.118. The Morgan fingerprint density at radius 2 is 1.43 bits per heavy atom. The second-order valence-electron chi connectivity index (χ2n) is 13.4. The molecule has 5 aromatic rings. The van der Waals surface area contributed by atoms with Crippen LogP contribution in [-0.2, 0) is 38.3 Å². The molecule has 4 aromatic carbocycles. The van der Waals surface area contributed by atoms with Crippen LogP contribution in [0.4, 0.5) is 10.1 Å². The maximum Gasteiger partial charge on any atom is 0.258 e. The summed E-state index contributed by atoms with van der Waals surface area (Å²) < 4.78 is 40.5. The lowest BCUT2D eigenvalue weighted by molar-refractivity contribution is -0.308. The Labute approximate surface area is 300 Å². The van der Waals surface area contributed by atoms with Gasteiger partial charge in [0.15, 0.2) is 12.1 Å². The summed E-state index contributed by atoms with van der Waals surface area (Å²) in [4.78, 5) is 14.6. The molecule has 2 atom stereocenters. The number of anilines is 1. The number of methoxy groups -OCH3 is 2. The largest absolute Gasteiger partial charge is 0.356 e. The van der Waals surface area contributed by atoms with Crippen LogP contribution >= 0.6 is 0 Å². The van der Waals surface area contributed by atoms with Crippen molar-refractivity contribution in [3.05, 3.63) is 138 Å². The van der Waals surface area contributed by atoms with Crippen molar-refractivity contribution in [1.29, 1.82) is 0 Å². The van der Waals surface area contributed by atoms with E-state index >= 15 is 0 Å². The molecule has 1 aliphatic rings. The third-order valence-corrected chi connectivity index (χ3v) is 9.39. The molecule has 7 nitrogen and oxygen atoms in total. The fourth-order valence-corrected chi connectivity index (χ4v) is 7.15. The number of benzene rings is 4. The Kier molecular flexibility index (Phi) is 11.8. The van der Waals surface area contributed by atoms with E-state index in [-0.39, 0.29) is 30.2 Å². The monoisotopic (exact) mass is 690 g/mol. The summed E-state index contributed by atoms with van der Waals surface area (Å²) in [6.45, 7) is 4.43. The number of rotatable bonds is 14. The van der Waals surface area contributed by atoms with Gasteiger partial charge in [-0.15, -0.1) is 0 Å². The Balaban J connectivity index is 1.49. The molecule has 2 unspecified atom stereocenters. The van der Waals surface area contributed by atoms with E-state index in [0.29, 0.717) is 43.5 Å². The maximum absolute atomic E-state index is 14.6. The predicted octanol–water partition coefficient (Wildman–Crippen LogP) is 9.31. The van der Waals surface area contributed by atoms with E-state index in [2.05, 4.69) is 22.0 Å². The highest BCUT2D eigenvalue weighted by Gasteiger charge is 2.37. The van der Waals surface area contributed by atoms with Gasteiger partial charge in [-0.25, -0.2) is 4.39 Å². The second-order valence-corrected chi connectivity index (χ2v) is 13.4. The lowest BCUT2D eigenvalue weighted by Gasteiger charge is -2.41. The zero-order chi connectivity index (χ0) is 35.8. The van der Waals surface area contributed by atoms with Gasteiger partial charge in [0.2, 0.25) is 0 Å². The molecule has 0 spiro atoms. The van der Waals surface area contributed by atoms with Gasteiger partial charge < -0.3 is 28.8 Å². The third kappa shape index (κ3) is 9.01. The minimum atomic E-state index is -0.803. The zero-order valence-corrected chi connectivity index (χ0v) is 29.8. The lowest BCUT2D eigenvalue weighted by Crippen LogP contribution is -2.46. The summed E-state index contributed by atoms with van der Waals surface area (Å²) in [7, 11) is 3.26. The Hall–Kier alpha value is -4.60. The fraction of sp³-hybridized carbons (Fsp3) is 0.326. The number of aryl methyl sites for hydroxylation is 1. The number of nitrogens with one attached hydrogen (secondary N) is 1. The van der Waals surface area contributed by atoms with Crippen molar-refractivity contribution >= 4 is 11.6 Å². The predicted molar refractivity (Wildman–Crippen MR) is 199 cm³/mol. The van der Waals surface area contributed by atoms with Crippen LogP contribution in [0.5, 0.6) is 0 Å². The SMILES string of the molecule is COC(CC1CC(CCn2c(CCc3ccccc3)c(C(=O)Nc3ccccc3)c(-c3ccccc3)c2-c2ccc(F)cc2)OC(C)(C)O1)OC. The molecule has 1 saturated heterocycles. The van der Waals surface area contributed by atoms with E-state index in [1.165, 1.54) is 17.7 Å². The molecule has 0 saturated carbocycles. The van der Waals surface area contributed by atoms with Crippen molar-refractivity contribution in [3.63, 3.8) is 0 Å². The van der Waals surface area contributed by atoms with E-state index in [1.807, 2.05) is 92.7 Å². The molecular weight excluding hydrogens is 643 g/mol. The van der Waals surface area contributed by atoms with Crippen molar-refractivity contribution in [2.45, 2.75) is 76.8 Å². The summed E-state index contributed by atoms with van der Waals surface area (Å²) in [5.74, 6) is -1.32. The molecule has 1 fully saturated rings. The molecule has 51 heavy (non-hydrogen) atoms. The Morgan fingerprint density at radius 1 is 0.824 bits per heavy atom. The molecule has 1 aliphatic heterocycles. The van der Waals surface area contributed by atoms with Gasteiger partial charge in [-0.1, -0.05) is 78.9 Å². The molecule has 0 bridgehead atoms. The Bertz CT molecular complexity index is 1860. The molecule has 0 radical (unpaired) electrons. The van der Waals surface area contributed by atoms with Gasteiger partial charge in [0, 0.05) is 50.6 Å². The standard InChI is InChI=1S/C43H47FN2O5/c1-43(2)50-35(28-36(51-43)29-38(48-3)49-4)26-27-46-37(25-20-30-14-8-5-9-15-30)40(42(47)45-34-18-12-7-13-19-34)39(31-16-10-6-11-17-31)41(46)32-21-23-33(44)24-22-32/h5-19,21-24,35-36,38H,20,25-29H2,1-4H3,(H,45,47). The number of para-hydroxylation sites is 1. The number of carbonyl (C=O) groups excluding carboxylic acids is 1. The molecule has 1 aromatic heterocycles. The molecule has 6 rings (SSSR count). The molecule has 266 valence electrons. The van der Waals surface area contributed by atoms with Crippen LogP contribution in [0.3, 0.4) is 0 Å². The van der Waals surface area contributed by atoms with Crippen LogP contribution in [-0.4, -0.2) is 49.0 Å². The van der Waals surface area contributed by atoms with Gasteiger partial charge in [-0.3, -0.25) is 4.79 Å². The fourth-order valence-electron chi connectivity index (χ4n) is 7.15. The first-order valence-electron chi connectivity index (χ1n) is 17.6. The van der Waals surface area contributed by atoms with Gasteiger partial charge in [-0.05, 0) is 86.2 Å². The van der Waals surface area contributed by atoms with Crippen LogP contribution in [0, 0.1) is 5.82 Å². The number of carbonyl (C=O) groups is 1. The summed E-state index contributed by atoms with van der Waals surface area (Å²) in [5, 5.41) is 3.18. The van der Waals surface area contributed by atoms with Crippen molar-refractivity contribution < 1.29 is 28.1 Å². The van der Waals surface area contributed by atoms with Gasteiger partial charge in [-0.2, -0.15) is 0 Å². The second kappa shape index (κ2) is 16.6. The summed E-state index contributed by atoms with van der Waals surface area (Å²) >= 11 is 0. The molecule has 8 heteroatoms. The maximum atomic E-state index is 14.6. The molecule has 1 N–H and O–H groups in total. The smallest absolute Gasteiger partial charge is 0.258 e. The van der Waals surface area contributed by atoms with E-state index in [4.69, 9.17) is 18.9 Å². The highest BCUT2D eigenvalue weighted by molar-refractivity contribution is 6.12. The average molecular weight is 691 g/mol. The van der Waals surface area contributed by atoms with Crippen molar-refractivity contribution in [1.82, 2.24) is 4.57 Å². The van der Waals surface area contributed by atoms with Crippen molar-refractivity contribution in [2.75, 3.05) is 19.5 Å². The number of ether oxygens (including phenoxy) is 4. The van der Waals surface area contributed by atoms with Gasteiger partial charge in [0.25, 0.3) is 5.91 Å². The van der Waals surface area contributed by atoms with Crippen LogP contribution in [0.2, 0.25) is 0 Å². The van der Waals surface area contributed by atoms with Crippen LogP contribution in [0.1, 0.15) is 54.7 Å². The molecule has 2 heterocycles. The summed E-state index contributed by atoms with van der Waals surface area (Å²) in [5.41, 5.74) is 6.81. The van der Waals surface area contributed by atoms with E-state index < -0.39 is 5.79 Å². The number of aromatic nitrogens is 1. The van der Waals surface area contributed by atoms with E-state index in [1.54, 1.807) is 26.4 Å². The first kappa shape index (κ1) is 36.2. The van der Waals surface area contributed by atoms with Gasteiger partial charge >= 0.3 is 0 Å². The van der Waals surface area contributed by atoms with Crippen LogP contribution in [0.25, 0.3) is 22.4 Å². The number of amides is 1. The third-order valence-electron chi connectivity index (χ3n) is 9.39. The minimum Gasteiger partial charge on any atom is -0.356 e. The van der Waals surface area contributed by atoms with Crippen molar-refractivity contribution in [2.24, 2.45) is 0 Å². The van der Waals surface area contributed by atoms with Gasteiger partial charge in [0.1, 0.15) is 5.82 Å². The Morgan fingerprint density at radius 3 is 2.08 bits per heavy atom. The van der Waals surface area contributed by atoms with Gasteiger partial charge in [0.05, 0.1) is 23.5 Å². The number of hydrogen-bond acceptors (Lipinski definition) is 5. The van der Waals surface area contributed by atoms with E-state index in [9.17, 15) is 9.18 Å². The molecule has 1 amide bonds. The average Bonchev–Trinajstić information content (AvgIpc) is 3.47. The van der Waals surface area contributed by atoms with Crippen LogP contribution < -0.4 is 5.32 Å². The first-order chi connectivity index (χ1) is 24.7. The number of hydrogen-bond donors (Lipinski definition) is 1. The lowest BCUT2D eigenvalue weighted by atomic mass is 9.95. The first-order valence-corrected chi connectivity index (χ1v) is 17.6. The highest BCUT2D eigenvalue weighted by Crippen LogP contribution is 2.41. The minimum absolute atomic E-state index is 0.130. The van der Waals surface area contributed by atoms with E-state index in [0.717, 1.165) is 34.5 Å². The van der Waals surface area contributed by atoms with Crippen LogP contribution in [0.15, 0.2) is 115 Å². The summed E-state index contributed by atoms with van der Waals surface area (Å²) in [6, 6.07) is 36.4. The number of nitrogens with zero attached hydrogens (tertiary/aromatic N) is 1. The zero-order valence-electron chi connectivity index (χ0n) is 29.8. The molecule has 0 aliphatic carbocycles. The normalized spacial score (nSPS) is 17.1. The number of halogens is 1. The molecular formula is C43H47FN2O5.